The number of imidazole rings is 1. The third-order valence-corrected chi connectivity index (χ3v) is 4.30. The summed E-state index contributed by atoms with van der Waals surface area (Å²) in [7, 11) is 1.52. The van der Waals surface area contributed by atoms with E-state index >= 15 is 0 Å². The Hall–Kier alpha value is -2.68. The fourth-order valence-electron chi connectivity index (χ4n) is 2.58. The molecule has 3 aromatic heterocycles. The van der Waals surface area contributed by atoms with Crippen LogP contribution in [-0.4, -0.2) is 44.5 Å². The number of hydrogen-bond donors (Lipinski definition) is 0. The van der Waals surface area contributed by atoms with E-state index in [1.54, 1.807) is 12.4 Å². The van der Waals surface area contributed by atoms with E-state index in [0.29, 0.717) is 29.2 Å². The van der Waals surface area contributed by atoms with Crippen LogP contribution in [0.1, 0.15) is 24.1 Å². The minimum Gasteiger partial charge on any atom is -0.467 e. The predicted molar refractivity (Wildman–Crippen MR) is 106 cm³/mol. The molecule has 3 heterocycles. The van der Waals surface area contributed by atoms with Crippen molar-refractivity contribution in [2.24, 2.45) is 4.99 Å². The zero-order valence-electron chi connectivity index (χ0n) is 15.1. The first-order valence-electron chi connectivity index (χ1n) is 8.17. The molecule has 0 aliphatic carbocycles. The van der Waals surface area contributed by atoms with Crippen molar-refractivity contribution >= 4 is 38.9 Å². The van der Waals surface area contributed by atoms with Crippen molar-refractivity contribution in [3.05, 3.63) is 46.2 Å². The molecule has 0 amide bonds. The molecule has 0 saturated heterocycles. The quantitative estimate of drug-likeness (QED) is 0.554. The molecule has 7 nitrogen and oxygen atoms in total. The normalized spacial score (nSPS) is 12.3. The van der Waals surface area contributed by atoms with Crippen LogP contribution in [-0.2, 0) is 6.54 Å². The van der Waals surface area contributed by atoms with Gasteiger partial charge in [0.2, 0.25) is 0 Å². The summed E-state index contributed by atoms with van der Waals surface area (Å²) < 4.78 is 20.3. The van der Waals surface area contributed by atoms with E-state index in [4.69, 9.17) is 4.74 Å². The summed E-state index contributed by atoms with van der Waals surface area (Å²) in [4.78, 5) is 21.8. The monoisotopic (exact) mass is 432 g/mol. The number of aliphatic imine (C=N–C) groups is 1. The van der Waals surface area contributed by atoms with E-state index in [1.165, 1.54) is 13.3 Å². The number of rotatable bonds is 6. The van der Waals surface area contributed by atoms with E-state index < -0.39 is 6.67 Å². The Kier molecular flexibility index (Phi) is 5.90. The maximum absolute atomic E-state index is 12.3. The van der Waals surface area contributed by atoms with Gasteiger partial charge in [-0.1, -0.05) is 0 Å². The van der Waals surface area contributed by atoms with Gasteiger partial charge in [0.25, 0.3) is 0 Å². The lowest BCUT2D eigenvalue weighted by atomic mass is 10.3. The fraction of sp³-hybridized carbons (Fsp3) is 0.278. The molecule has 0 spiro atoms. The summed E-state index contributed by atoms with van der Waals surface area (Å²) in [5, 5.41) is 0. The highest BCUT2D eigenvalue weighted by Gasteiger charge is 2.18. The van der Waals surface area contributed by atoms with Crippen molar-refractivity contribution in [1.29, 1.82) is 0 Å². The fourth-order valence-corrected chi connectivity index (χ4v) is 2.81. The minimum atomic E-state index is -0.620. The number of ether oxygens (including phenoxy) is 1. The van der Waals surface area contributed by atoms with Crippen LogP contribution in [0.25, 0.3) is 16.7 Å². The number of aryl methyl sites for hydroxylation is 1. The first-order valence-corrected chi connectivity index (χ1v) is 8.96. The second-order valence-electron chi connectivity index (χ2n) is 5.76. The summed E-state index contributed by atoms with van der Waals surface area (Å²) in [6.45, 7) is 3.55. The van der Waals surface area contributed by atoms with Crippen molar-refractivity contribution < 1.29 is 9.13 Å². The van der Waals surface area contributed by atoms with E-state index in [0.717, 1.165) is 15.7 Å². The summed E-state index contributed by atoms with van der Waals surface area (Å²) in [5.41, 5.74) is 3.63. The topological polar surface area (TPSA) is 78.1 Å². The van der Waals surface area contributed by atoms with Gasteiger partial charge in [0.05, 0.1) is 25.0 Å². The Morgan fingerprint density at radius 2 is 2.15 bits per heavy atom. The van der Waals surface area contributed by atoms with E-state index in [1.807, 2.05) is 30.5 Å². The van der Waals surface area contributed by atoms with Gasteiger partial charge in [-0.25, -0.2) is 9.37 Å². The average Bonchev–Trinajstić information content (AvgIpc) is 3.02. The van der Waals surface area contributed by atoms with E-state index in [-0.39, 0.29) is 6.01 Å². The molecular weight excluding hydrogens is 415 g/mol. The van der Waals surface area contributed by atoms with Gasteiger partial charge in [-0.05, 0) is 41.9 Å². The zero-order valence-corrected chi connectivity index (χ0v) is 16.7. The molecule has 0 N–H and O–H groups in total. The summed E-state index contributed by atoms with van der Waals surface area (Å²) >= 11 is 3.39. The van der Waals surface area contributed by atoms with Crippen LogP contribution >= 0.6 is 15.9 Å². The zero-order chi connectivity index (χ0) is 19.4. The molecule has 0 aliphatic heterocycles. The second-order valence-corrected chi connectivity index (χ2v) is 6.67. The van der Waals surface area contributed by atoms with Crippen LogP contribution < -0.4 is 4.74 Å². The molecule has 0 unspecified atom stereocenters. The number of nitrogens with zero attached hydrogens (tertiary/aromatic N) is 6. The van der Waals surface area contributed by atoms with Crippen molar-refractivity contribution in [3.63, 3.8) is 0 Å². The van der Waals surface area contributed by atoms with Crippen molar-refractivity contribution in [3.8, 4) is 6.01 Å². The highest BCUT2D eigenvalue weighted by Crippen LogP contribution is 2.24. The Morgan fingerprint density at radius 1 is 1.33 bits per heavy atom. The predicted octanol–water partition coefficient (Wildman–Crippen LogP) is 3.75. The Morgan fingerprint density at radius 3 is 2.81 bits per heavy atom. The first-order chi connectivity index (χ1) is 13.0. The SMILES string of the molecule is COc1nc(C)c2nc(/C(C)=C/N=C\CF)n(Cc3ccc(Br)cn3)c2n1. The Balaban J connectivity index is 2.17. The maximum Gasteiger partial charge on any atom is 0.318 e. The number of methoxy groups -OCH3 is 1. The van der Waals surface area contributed by atoms with Crippen LogP contribution in [0.15, 0.2) is 34.0 Å². The standard InChI is InChI=1S/C18H18BrFN6O/c1-11(8-21-7-6-20)16-24-15-12(2)23-18(27-3)25-17(15)26(16)10-14-5-4-13(19)9-22-14/h4-5,7-9H,6,10H2,1-3H3/b11-8+,21-7-. The van der Waals surface area contributed by atoms with Gasteiger partial charge in [0, 0.05) is 28.7 Å². The minimum absolute atomic E-state index is 0.272. The highest BCUT2D eigenvalue weighted by molar-refractivity contribution is 9.10. The number of pyridine rings is 1. The van der Waals surface area contributed by atoms with Gasteiger partial charge < -0.3 is 9.30 Å². The lowest BCUT2D eigenvalue weighted by Gasteiger charge is -2.09. The molecule has 27 heavy (non-hydrogen) atoms. The van der Waals surface area contributed by atoms with E-state index in [2.05, 4.69) is 40.9 Å². The molecule has 0 bridgehead atoms. The molecule has 0 radical (unpaired) electrons. The van der Waals surface area contributed by atoms with Crippen LogP contribution in [0.3, 0.4) is 0 Å². The van der Waals surface area contributed by atoms with Gasteiger partial charge in [-0.3, -0.25) is 9.98 Å². The van der Waals surface area contributed by atoms with Gasteiger partial charge in [0.1, 0.15) is 18.0 Å². The molecule has 0 aliphatic rings. The van der Waals surface area contributed by atoms with Crippen molar-refractivity contribution in [2.45, 2.75) is 20.4 Å². The summed E-state index contributed by atoms with van der Waals surface area (Å²) in [6, 6.07) is 4.12. The summed E-state index contributed by atoms with van der Waals surface area (Å²) in [5.74, 6) is 0.663. The van der Waals surface area contributed by atoms with Gasteiger partial charge in [0.15, 0.2) is 5.65 Å². The third-order valence-electron chi connectivity index (χ3n) is 3.84. The molecule has 0 saturated carbocycles. The number of halogens is 2. The number of aromatic nitrogens is 5. The first kappa shape index (κ1) is 19.1. The smallest absolute Gasteiger partial charge is 0.318 e. The Labute approximate surface area is 164 Å². The maximum atomic E-state index is 12.3. The molecule has 0 atom stereocenters. The van der Waals surface area contributed by atoms with E-state index in [9.17, 15) is 4.39 Å². The molecule has 3 aromatic rings. The molecule has 140 valence electrons. The van der Waals surface area contributed by atoms with Crippen LogP contribution in [0, 0.1) is 6.92 Å². The van der Waals surface area contributed by atoms with Crippen LogP contribution in [0.5, 0.6) is 6.01 Å². The number of fused-ring (bicyclic) bond motifs is 1. The molecule has 9 heteroatoms. The van der Waals surface area contributed by atoms with Crippen LogP contribution in [0.2, 0.25) is 0 Å². The van der Waals surface area contributed by atoms with Gasteiger partial charge in [-0.15, -0.1) is 0 Å². The Bertz CT molecular complexity index is 1010. The number of alkyl halides is 1. The molecule has 0 fully saturated rings. The second kappa shape index (κ2) is 8.34. The van der Waals surface area contributed by atoms with Gasteiger partial charge in [-0.2, -0.15) is 9.97 Å². The largest absolute Gasteiger partial charge is 0.467 e. The van der Waals surface area contributed by atoms with Gasteiger partial charge >= 0.3 is 6.01 Å². The van der Waals surface area contributed by atoms with Crippen LogP contribution in [0.4, 0.5) is 4.39 Å². The number of allylic oxidation sites excluding steroid dienone is 1. The lowest BCUT2D eigenvalue weighted by Crippen LogP contribution is -2.07. The molecular formula is C18H18BrFN6O. The molecule has 3 rings (SSSR count). The number of hydrogen-bond acceptors (Lipinski definition) is 6. The molecule has 0 aromatic carbocycles. The average molecular weight is 433 g/mol. The van der Waals surface area contributed by atoms with Crippen molar-refractivity contribution in [2.75, 3.05) is 13.8 Å². The summed E-state index contributed by atoms with van der Waals surface area (Å²) in [6.07, 6.45) is 4.51. The highest BCUT2D eigenvalue weighted by atomic mass is 79.9. The van der Waals surface area contributed by atoms with Crippen molar-refractivity contribution in [1.82, 2.24) is 24.5 Å². The lowest BCUT2D eigenvalue weighted by molar-refractivity contribution is 0.380. The third kappa shape index (κ3) is 4.19.